The minimum absolute atomic E-state index is 0.639. The van der Waals surface area contributed by atoms with Crippen molar-refractivity contribution in [2.75, 3.05) is 13.2 Å². The summed E-state index contributed by atoms with van der Waals surface area (Å²) in [5, 5.41) is 6.26. The molecule has 0 saturated heterocycles. The summed E-state index contributed by atoms with van der Waals surface area (Å²) in [5.41, 5.74) is 0. The molecule has 1 radical (unpaired) electrons. The zero-order valence-corrected chi connectivity index (χ0v) is 8.99. The van der Waals surface area contributed by atoms with Gasteiger partial charge < -0.3 is 9.47 Å². The van der Waals surface area contributed by atoms with E-state index in [4.69, 9.17) is 9.47 Å². The maximum Gasteiger partial charge on any atom is 0.161 e. The van der Waals surface area contributed by atoms with E-state index < -0.39 is 0 Å². The largest absolute Gasteiger partial charge is 0.490 e. The van der Waals surface area contributed by atoms with Gasteiger partial charge in [0.25, 0.3) is 0 Å². The highest BCUT2D eigenvalue weighted by atomic mass is 16.5. The molecular weight excluding hydrogens is 190 g/mol. The molecule has 15 heavy (non-hydrogen) atoms. The molecule has 1 aromatic rings. The van der Waals surface area contributed by atoms with Gasteiger partial charge in [0.2, 0.25) is 0 Å². The maximum absolute atomic E-state index is 5.51. The second kappa shape index (κ2) is 4.26. The minimum Gasteiger partial charge on any atom is -0.490 e. The minimum atomic E-state index is 0.639. The molecule has 0 spiro atoms. The molecule has 0 amide bonds. The average Bonchev–Trinajstić information content (AvgIpc) is 2.66. The van der Waals surface area contributed by atoms with E-state index in [0.29, 0.717) is 13.2 Å². The monoisotopic (exact) mass is 204 g/mol. The maximum atomic E-state index is 5.51. The van der Waals surface area contributed by atoms with Gasteiger partial charge in [0.1, 0.15) is 0 Å². The van der Waals surface area contributed by atoms with Crippen molar-refractivity contribution in [2.24, 2.45) is 0 Å². The van der Waals surface area contributed by atoms with Crippen molar-refractivity contribution in [3.63, 3.8) is 0 Å². The summed E-state index contributed by atoms with van der Waals surface area (Å²) in [7, 11) is 0. The van der Waals surface area contributed by atoms with Crippen molar-refractivity contribution in [1.29, 1.82) is 0 Å². The highest BCUT2D eigenvalue weighted by molar-refractivity contribution is 5.50. The molecule has 1 aromatic carbocycles. The number of benzene rings is 1. The van der Waals surface area contributed by atoms with Crippen LogP contribution in [0.15, 0.2) is 12.1 Å². The summed E-state index contributed by atoms with van der Waals surface area (Å²) in [6.07, 6.45) is 3.65. The molecule has 1 aliphatic heterocycles. The van der Waals surface area contributed by atoms with Gasteiger partial charge in [-0.3, -0.25) is 5.32 Å². The van der Waals surface area contributed by atoms with Crippen LogP contribution in [-0.2, 0) is 0 Å². The fourth-order valence-corrected chi connectivity index (χ4v) is 1.55. The number of rotatable bonds is 4. The Hall–Kier alpha value is -1.64. The van der Waals surface area contributed by atoms with Gasteiger partial charge >= 0.3 is 0 Å². The lowest BCUT2D eigenvalue weighted by atomic mass is 10.2. The molecule has 1 aliphatic rings. The highest BCUT2D eigenvalue weighted by Crippen LogP contribution is 2.23. The summed E-state index contributed by atoms with van der Waals surface area (Å²) in [4.78, 5) is 0. The second-order valence-electron chi connectivity index (χ2n) is 3.20. The molecule has 0 aromatic heterocycles. The van der Waals surface area contributed by atoms with Crippen molar-refractivity contribution in [3.8, 4) is 11.5 Å². The standard InChI is InChI=1S/C12H14NO2/c1-3-14-11-5-9-7-13-8-10(9)6-12(11)15-4-2/h5-8H,3-4H2,1-2H3. The Bertz CT molecular complexity index is 422. The number of hydrogen-bond donors (Lipinski definition) is 0. The van der Waals surface area contributed by atoms with Crippen LogP contribution in [0.3, 0.4) is 0 Å². The third kappa shape index (κ3) is 1.91. The molecule has 3 nitrogen and oxygen atoms in total. The van der Waals surface area contributed by atoms with E-state index in [9.17, 15) is 0 Å². The first kappa shape index (κ1) is 9.90. The Morgan fingerprint density at radius 3 is 1.80 bits per heavy atom. The molecule has 2 rings (SSSR count). The zero-order chi connectivity index (χ0) is 10.7. The van der Waals surface area contributed by atoms with Crippen molar-refractivity contribution in [1.82, 2.24) is 5.32 Å². The smallest absolute Gasteiger partial charge is 0.161 e. The lowest BCUT2D eigenvalue weighted by Gasteiger charge is -2.10. The molecule has 3 heteroatoms. The molecule has 0 atom stereocenters. The van der Waals surface area contributed by atoms with E-state index in [0.717, 1.165) is 21.9 Å². The van der Waals surface area contributed by atoms with Crippen molar-refractivity contribution >= 4 is 12.4 Å². The summed E-state index contributed by atoms with van der Waals surface area (Å²) < 4.78 is 11.0. The number of fused-ring (bicyclic) bond motifs is 1. The number of hydrogen-bond acceptors (Lipinski definition) is 2. The van der Waals surface area contributed by atoms with Crippen LogP contribution in [0.25, 0.3) is 12.4 Å². The van der Waals surface area contributed by atoms with E-state index in [1.165, 1.54) is 0 Å². The third-order valence-corrected chi connectivity index (χ3v) is 2.18. The van der Waals surface area contributed by atoms with Gasteiger partial charge in [0.05, 0.1) is 13.2 Å². The van der Waals surface area contributed by atoms with Crippen molar-refractivity contribution < 1.29 is 9.47 Å². The Morgan fingerprint density at radius 2 is 1.40 bits per heavy atom. The normalized spacial score (nSPS) is 12.1. The Morgan fingerprint density at radius 1 is 0.933 bits per heavy atom. The van der Waals surface area contributed by atoms with Gasteiger partial charge in [0, 0.05) is 22.8 Å². The predicted octanol–water partition coefficient (Wildman–Crippen LogP) is 0.578. The molecule has 1 heterocycles. The van der Waals surface area contributed by atoms with Gasteiger partial charge in [-0.05, 0) is 26.0 Å². The van der Waals surface area contributed by atoms with Crippen LogP contribution < -0.4 is 25.2 Å². The van der Waals surface area contributed by atoms with Crippen molar-refractivity contribution in [3.05, 3.63) is 22.6 Å². The van der Waals surface area contributed by atoms with Crippen LogP contribution in [0.5, 0.6) is 11.5 Å². The molecule has 0 N–H and O–H groups in total. The van der Waals surface area contributed by atoms with Crippen LogP contribution >= 0.6 is 0 Å². The highest BCUT2D eigenvalue weighted by Gasteiger charge is 2.06. The second-order valence-corrected chi connectivity index (χ2v) is 3.20. The quantitative estimate of drug-likeness (QED) is 0.718. The number of nitrogens with zero attached hydrogens (tertiary/aromatic N) is 1. The van der Waals surface area contributed by atoms with E-state index in [1.807, 2.05) is 38.4 Å². The van der Waals surface area contributed by atoms with Crippen LogP contribution in [0.1, 0.15) is 13.8 Å². The summed E-state index contributed by atoms with van der Waals surface area (Å²) >= 11 is 0. The first-order chi connectivity index (χ1) is 7.35. The van der Waals surface area contributed by atoms with Gasteiger partial charge in [0.15, 0.2) is 11.5 Å². The average molecular weight is 204 g/mol. The summed E-state index contributed by atoms with van der Waals surface area (Å²) in [6.45, 7) is 5.20. The van der Waals surface area contributed by atoms with E-state index in [1.54, 1.807) is 0 Å². The lowest BCUT2D eigenvalue weighted by molar-refractivity contribution is 0.287. The van der Waals surface area contributed by atoms with E-state index in [-0.39, 0.29) is 0 Å². The Kier molecular flexibility index (Phi) is 2.81. The summed E-state index contributed by atoms with van der Waals surface area (Å²) in [6, 6.07) is 3.94. The first-order valence-corrected chi connectivity index (χ1v) is 5.15. The van der Waals surface area contributed by atoms with E-state index >= 15 is 0 Å². The predicted molar refractivity (Wildman–Crippen MR) is 59.1 cm³/mol. The van der Waals surface area contributed by atoms with Gasteiger partial charge in [-0.25, -0.2) is 0 Å². The molecule has 0 aliphatic carbocycles. The van der Waals surface area contributed by atoms with Gasteiger partial charge in [-0.1, -0.05) is 0 Å². The number of ether oxygens (including phenoxy) is 2. The van der Waals surface area contributed by atoms with Crippen LogP contribution in [0.2, 0.25) is 0 Å². The topological polar surface area (TPSA) is 32.6 Å². The molecule has 0 unspecified atom stereocenters. The Labute approximate surface area is 89.0 Å². The van der Waals surface area contributed by atoms with Gasteiger partial charge in [-0.2, -0.15) is 0 Å². The van der Waals surface area contributed by atoms with Gasteiger partial charge in [-0.15, -0.1) is 0 Å². The van der Waals surface area contributed by atoms with Crippen LogP contribution in [-0.4, -0.2) is 13.2 Å². The first-order valence-electron chi connectivity index (χ1n) is 5.15. The Balaban J connectivity index is 2.48. The van der Waals surface area contributed by atoms with E-state index in [2.05, 4.69) is 5.32 Å². The lowest BCUT2D eigenvalue weighted by Crippen LogP contribution is -2.21. The fraction of sp³-hybridized carbons (Fsp3) is 0.333. The molecule has 0 saturated carbocycles. The van der Waals surface area contributed by atoms with Crippen LogP contribution in [0.4, 0.5) is 0 Å². The third-order valence-electron chi connectivity index (χ3n) is 2.18. The molecule has 0 fully saturated rings. The van der Waals surface area contributed by atoms with Crippen LogP contribution in [0, 0.1) is 0 Å². The molecule has 0 bridgehead atoms. The van der Waals surface area contributed by atoms with Crippen molar-refractivity contribution in [2.45, 2.75) is 13.8 Å². The molecular formula is C12H14NO2. The summed E-state index contributed by atoms with van der Waals surface area (Å²) in [5.74, 6) is 1.58. The zero-order valence-electron chi connectivity index (χ0n) is 8.99. The fourth-order valence-electron chi connectivity index (χ4n) is 1.55. The molecule has 79 valence electrons. The SMILES string of the molecule is CCOc1cc2c(cc1OCC)=C[N]C=2.